The SMILES string of the molecule is Cc1ccc2sc(NCc3ccon3)nc2c1. The molecule has 0 fully saturated rings. The highest BCUT2D eigenvalue weighted by atomic mass is 32.1. The van der Waals surface area contributed by atoms with Crippen molar-refractivity contribution in [3.05, 3.63) is 41.8 Å². The maximum absolute atomic E-state index is 4.77. The molecule has 3 rings (SSSR count). The topological polar surface area (TPSA) is 51.0 Å². The zero-order valence-electron chi connectivity index (χ0n) is 9.30. The summed E-state index contributed by atoms with van der Waals surface area (Å²) in [6.45, 7) is 2.70. The van der Waals surface area contributed by atoms with Crippen LogP contribution in [0.25, 0.3) is 10.2 Å². The summed E-state index contributed by atoms with van der Waals surface area (Å²) in [4.78, 5) is 4.52. The van der Waals surface area contributed by atoms with Crippen LogP contribution >= 0.6 is 11.3 Å². The van der Waals surface area contributed by atoms with Gasteiger partial charge in [-0.3, -0.25) is 0 Å². The third-order valence-corrected chi connectivity index (χ3v) is 3.45. The zero-order chi connectivity index (χ0) is 11.7. The monoisotopic (exact) mass is 245 g/mol. The minimum Gasteiger partial charge on any atom is -0.364 e. The molecule has 0 atom stereocenters. The summed E-state index contributed by atoms with van der Waals surface area (Å²) in [5, 5.41) is 7.99. The van der Waals surface area contributed by atoms with Crippen molar-refractivity contribution in [3.63, 3.8) is 0 Å². The van der Waals surface area contributed by atoms with Crippen LogP contribution in [0, 0.1) is 6.92 Å². The van der Waals surface area contributed by atoms with Crippen LogP contribution in [-0.2, 0) is 6.54 Å². The van der Waals surface area contributed by atoms with E-state index in [1.165, 1.54) is 10.3 Å². The second-order valence-corrected chi connectivity index (χ2v) is 4.87. The molecule has 0 aliphatic carbocycles. The lowest BCUT2D eigenvalue weighted by Crippen LogP contribution is -1.98. The number of aromatic nitrogens is 2. The van der Waals surface area contributed by atoms with Crippen LogP contribution < -0.4 is 5.32 Å². The molecule has 1 aromatic carbocycles. The maximum Gasteiger partial charge on any atom is 0.184 e. The van der Waals surface area contributed by atoms with Crippen molar-refractivity contribution in [2.75, 3.05) is 5.32 Å². The van der Waals surface area contributed by atoms with Crippen LogP contribution in [0.1, 0.15) is 11.3 Å². The van der Waals surface area contributed by atoms with E-state index in [1.54, 1.807) is 17.6 Å². The molecule has 86 valence electrons. The second-order valence-electron chi connectivity index (χ2n) is 3.83. The van der Waals surface area contributed by atoms with Gasteiger partial charge < -0.3 is 9.84 Å². The van der Waals surface area contributed by atoms with Gasteiger partial charge in [0.1, 0.15) is 12.0 Å². The lowest BCUT2D eigenvalue weighted by molar-refractivity contribution is 0.412. The summed E-state index contributed by atoms with van der Waals surface area (Å²) >= 11 is 1.65. The smallest absolute Gasteiger partial charge is 0.184 e. The molecule has 0 aliphatic rings. The second kappa shape index (κ2) is 4.18. The highest BCUT2D eigenvalue weighted by molar-refractivity contribution is 7.22. The Balaban J connectivity index is 1.81. The average Bonchev–Trinajstić information content (AvgIpc) is 2.94. The quantitative estimate of drug-likeness (QED) is 0.769. The molecule has 0 aliphatic heterocycles. The Morgan fingerprint density at radius 1 is 1.35 bits per heavy atom. The summed E-state index contributed by atoms with van der Waals surface area (Å²) in [7, 11) is 0. The summed E-state index contributed by atoms with van der Waals surface area (Å²) < 4.78 is 5.96. The van der Waals surface area contributed by atoms with Crippen LogP contribution in [0.5, 0.6) is 0 Å². The first-order chi connectivity index (χ1) is 8.31. The van der Waals surface area contributed by atoms with Crippen LogP contribution in [0.15, 0.2) is 35.1 Å². The minimum atomic E-state index is 0.634. The lowest BCUT2D eigenvalue weighted by Gasteiger charge is -1.96. The molecule has 0 saturated carbocycles. The van der Waals surface area contributed by atoms with E-state index in [4.69, 9.17) is 4.52 Å². The molecule has 0 spiro atoms. The van der Waals surface area contributed by atoms with Crippen LogP contribution in [-0.4, -0.2) is 10.1 Å². The average molecular weight is 245 g/mol. The lowest BCUT2D eigenvalue weighted by atomic mass is 10.2. The van der Waals surface area contributed by atoms with Crippen molar-refractivity contribution in [2.45, 2.75) is 13.5 Å². The number of nitrogens with one attached hydrogen (secondary N) is 1. The first kappa shape index (κ1) is 10.3. The molecule has 0 radical (unpaired) electrons. The Bertz CT molecular complexity index is 630. The highest BCUT2D eigenvalue weighted by Crippen LogP contribution is 2.26. The number of fused-ring (bicyclic) bond motifs is 1. The van der Waals surface area contributed by atoms with Crippen LogP contribution in [0.2, 0.25) is 0 Å². The van der Waals surface area contributed by atoms with Gasteiger partial charge in [-0.2, -0.15) is 0 Å². The van der Waals surface area contributed by atoms with Gasteiger partial charge in [-0.05, 0) is 24.6 Å². The van der Waals surface area contributed by atoms with Crippen LogP contribution in [0.3, 0.4) is 0 Å². The molecule has 1 N–H and O–H groups in total. The third-order valence-electron chi connectivity index (χ3n) is 2.46. The van der Waals surface area contributed by atoms with E-state index in [1.807, 2.05) is 6.07 Å². The Morgan fingerprint density at radius 2 is 2.29 bits per heavy atom. The molecule has 0 unspecified atom stereocenters. The minimum absolute atomic E-state index is 0.634. The van der Waals surface area contributed by atoms with E-state index in [-0.39, 0.29) is 0 Å². The van der Waals surface area contributed by atoms with Gasteiger partial charge in [0.05, 0.1) is 16.8 Å². The van der Waals surface area contributed by atoms with Gasteiger partial charge in [0, 0.05) is 6.07 Å². The van der Waals surface area contributed by atoms with Crippen molar-refractivity contribution in [1.82, 2.24) is 10.1 Å². The molecule has 17 heavy (non-hydrogen) atoms. The first-order valence-electron chi connectivity index (χ1n) is 5.31. The summed E-state index contributed by atoms with van der Waals surface area (Å²) in [5.41, 5.74) is 3.14. The number of anilines is 1. The first-order valence-corrected chi connectivity index (χ1v) is 6.13. The van der Waals surface area contributed by atoms with Gasteiger partial charge in [-0.25, -0.2) is 4.98 Å². The molecule has 2 aromatic heterocycles. The van der Waals surface area contributed by atoms with Crippen molar-refractivity contribution >= 4 is 26.7 Å². The van der Waals surface area contributed by atoms with Crippen molar-refractivity contribution in [2.24, 2.45) is 0 Å². The fraction of sp³-hybridized carbons (Fsp3) is 0.167. The van der Waals surface area contributed by atoms with Crippen LogP contribution in [0.4, 0.5) is 5.13 Å². The molecule has 0 bridgehead atoms. The Morgan fingerprint density at radius 3 is 3.12 bits per heavy atom. The Kier molecular flexibility index (Phi) is 2.53. The van der Waals surface area contributed by atoms with Crippen molar-refractivity contribution in [1.29, 1.82) is 0 Å². The normalized spacial score (nSPS) is 10.9. The molecule has 0 amide bonds. The van der Waals surface area contributed by atoms with E-state index in [2.05, 4.69) is 40.6 Å². The van der Waals surface area contributed by atoms with Gasteiger partial charge in [0.2, 0.25) is 0 Å². The molecule has 2 heterocycles. The molecular formula is C12H11N3OS. The Labute approximate surface area is 102 Å². The van der Waals surface area contributed by atoms with E-state index in [9.17, 15) is 0 Å². The molecule has 5 heteroatoms. The summed E-state index contributed by atoms with van der Waals surface area (Å²) in [6.07, 6.45) is 1.57. The largest absolute Gasteiger partial charge is 0.364 e. The highest BCUT2D eigenvalue weighted by Gasteiger charge is 2.04. The van der Waals surface area contributed by atoms with Gasteiger partial charge in [0.25, 0.3) is 0 Å². The fourth-order valence-corrected chi connectivity index (χ4v) is 2.45. The number of nitrogens with zero attached hydrogens (tertiary/aromatic N) is 2. The predicted octanol–water partition coefficient (Wildman–Crippen LogP) is 3.20. The molecule has 3 aromatic rings. The third kappa shape index (κ3) is 2.14. The molecule has 4 nitrogen and oxygen atoms in total. The van der Waals surface area contributed by atoms with Gasteiger partial charge in [-0.1, -0.05) is 22.6 Å². The van der Waals surface area contributed by atoms with Gasteiger partial charge in [0.15, 0.2) is 5.13 Å². The van der Waals surface area contributed by atoms with Gasteiger partial charge in [-0.15, -0.1) is 0 Å². The standard InChI is InChI=1S/C12H11N3OS/c1-8-2-3-11-10(6-8)14-12(17-11)13-7-9-4-5-16-15-9/h2-6H,7H2,1H3,(H,13,14). The number of hydrogen-bond acceptors (Lipinski definition) is 5. The number of benzene rings is 1. The summed E-state index contributed by atoms with van der Waals surface area (Å²) in [6, 6.07) is 8.13. The van der Waals surface area contributed by atoms with Crippen molar-refractivity contribution in [3.8, 4) is 0 Å². The van der Waals surface area contributed by atoms with E-state index < -0.39 is 0 Å². The molecular weight excluding hydrogens is 234 g/mol. The van der Waals surface area contributed by atoms with E-state index >= 15 is 0 Å². The number of rotatable bonds is 3. The predicted molar refractivity (Wildman–Crippen MR) is 68.2 cm³/mol. The molecule has 0 saturated heterocycles. The Hall–Kier alpha value is -1.88. The maximum atomic E-state index is 4.77. The number of hydrogen-bond donors (Lipinski definition) is 1. The van der Waals surface area contributed by atoms with E-state index in [0.717, 1.165) is 16.3 Å². The zero-order valence-corrected chi connectivity index (χ0v) is 10.1. The van der Waals surface area contributed by atoms with E-state index in [0.29, 0.717) is 6.54 Å². The number of thiazole rings is 1. The van der Waals surface area contributed by atoms with Gasteiger partial charge >= 0.3 is 0 Å². The summed E-state index contributed by atoms with van der Waals surface area (Å²) in [5.74, 6) is 0. The fourth-order valence-electron chi connectivity index (χ4n) is 1.61. The van der Waals surface area contributed by atoms with Crippen molar-refractivity contribution < 1.29 is 4.52 Å². The number of aryl methyl sites for hydroxylation is 1.